The van der Waals surface area contributed by atoms with Crippen molar-refractivity contribution in [1.29, 1.82) is 0 Å². The molecule has 1 aromatic rings. The number of aliphatic imine (C=N–C) groups is 1. The fourth-order valence-corrected chi connectivity index (χ4v) is 4.64. The quantitative estimate of drug-likeness (QED) is 0.366. The third kappa shape index (κ3) is 5.35. The van der Waals surface area contributed by atoms with Crippen LogP contribution in [0.4, 0.5) is 0 Å². The van der Waals surface area contributed by atoms with Gasteiger partial charge in [-0.25, -0.2) is 4.99 Å². The van der Waals surface area contributed by atoms with Crippen molar-refractivity contribution in [1.82, 2.24) is 10.2 Å². The predicted molar refractivity (Wildman–Crippen MR) is 125 cm³/mol. The molecule has 2 N–H and O–H groups in total. The zero-order valence-corrected chi connectivity index (χ0v) is 19.7. The zero-order chi connectivity index (χ0) is 19.3. The molecule has 7 heteroatoms. The first-order chi connectivity index (χ1) is 13.8. The molecule has 3 aliphatic rings. The van der Waals surface area contributed by atoms with Crippen LogP contribution in [0.2, 0.25) is 0 Å². The minimum Gasteiger partial charge on any atom is -0.508 e. The SMILES string of the molecule is CCNC(=NCc1c(O)ccc2c1CCCC2)N1CCOC(C2CCCO2)C1.I. The molecule has 1 aromatic carbocycles. The molecule has 1 aliphatic carbocycles. The Labute approximate surface area is 191 Å². The smallest absolute Gasteiger partial charge is 0.194 e. The lowest BCUT2D eigenvalue weighted by Gasteiger charge is -2.37. The first-order valence-corrected chi connectivity index (χ1v) is 10.9. The molecule has 162 valence electrons. The van der Waals surface area contributed by atoms with E-state index in [1.54, 1.807) is 0 Å². The number of fused-ring (bicyclic) bond motifs is 1. The summed E-state index contributed by atoms with van der Waals surface area (Å²) in [7, 11) is 0. The highest BCUT2D eigenvalue weighted by atomic mass is 127. The van der Waals surface area contributed by atoms with Crippen LogP contribution >= 0.6 is 24.0 Å². The first kappa shape index (κ1) is 22.6. The van der Waals surface area contributed by atoms with Crippen LogP contribution in [-0.2, 0) is 28.9 Å². The van der Waals surface area contributed by atoms with Gasteiger partial charge in [-0.2, -0.15) is 0 Å². The van der Waals surface area contributed by atoms with Crippen LogP contribution in [-0.4, -0.2) is 61.0 Å². The lowest BCUT2D eigenvalue weighted by atomic mass is 9.88. The lowest BCUT2D eigenvalue weighted by molar-refractivity contribution is -0.0817. The van der Waals surface area contributed by atoms with Gasteiger partial charge in [0.25, 0.3) is 0 Å². The summed E-state index contributed by atoms with van der Waals surface area (Å²) < 4.78 is 11.8. The van der Waals surface area contributed by atoms with Crippen molar-refractivity contribution < 1.29 is 14.6 Å². The number of phenols is 1. The van der Waals surface area contributed by atoms with Crippen LogP contribution < -0.4 is 5.32 Å². The summed E-state index contributed by atoms with van der Waals surface area (Å²) in [5, 5.41) is 13.9. The van der Waals surface area contributed by atoms with E-state index < -0.39 is 0 Å². The van der Waals surface area contributed by atoms with Gasteiger partial charge in [0.1, 0.15) is 11.9 Å². The summed E-state index contributed by atoms with van der Waals surface area (Å²) in [6.07, 6.45) is 7.10. The molecule has 0 amide bonds. The predicted octanol–water partition coefficient (Wildman–Crippen LogP) is 3.23. The Morgan fingerprint density at radius 3 is 2.79 bits per heavy atom. The fraction of sp³-hybridized carbons (Fsp3) is 0.682. The van der Waals surface area contributed by atoms with Gasteiger partial charge in [-0.3, -0.25) is 0 Å². The van der Waals surface area contributed by atoms with Gasteiger partial charge in [0, 0.05) is 31.8 Å². The highest BCUT2D eigenvalue weighted by Gasteiger charge is 2.32. The maximum absolute atomic E-state index is 10.5. The molecule has 2 saturated heterocycles. The second-order valence-corrected chi connectivity index (χ2v) is 7.98. The first-order valence-electron chi connectivity index (χ1n) is 10.9. The summed E-state index contributed by atoms with van der Waals surface area (Å²) in [4.78, 5) is 7.20. The summed E-state index contributed by atoms with van der Waals surface area (Å²) in [5.41, 5.74) is 3.69. The van der Waals surface area contributed by atoms with Gasteiger partial charge in [0.05, 0.1) is 19.3 Å². The molecule has 4 rings (SSSR count). The minimum atomic E-state index is 0. The number of rotatable bonds is 4. The van der Waals surface area contributed by atoms with Crippen LogP contribution in [0, 0.1) is 0 Å². The Balaban J connectivity index is 0.00000240. The van der Waals surface area contributed by atoms with Gasteiger partial charge >= 0.3 is 0 Å². The average molecular weight is 515 g/mol. The molecule has 6 nitrogen and oxygen atoms in total. The van der Waals surface area contributed by atoms with Crippen molar-refractivity contribution in [2.24, 2.45) is 4.99 Å². The molecule has 0 radical (unpaired) electrons. The molecule has 0 saturated carbocycles. The number of aromatic hydroxyl groups is 1. The van der Waals surface area contributed by atoms with Gasteiger partial charge in [0.15, 0.2) is 5.96 Å². The molecule has 0 bridgehead atoms. The van der Waals surface area contributed by atoms with Crippen molar-refractivity contribution >= 4 is 29.9 Å². The van der Waals surface area contributed by atoms with Crippen molar-refractivity contribution in [2.45, 2.75) is 64.2 Å². The Morgan fingerprint density at radius 2 is 2.00 bits per heavy atom. The third-order valence-corrected chi connectivity index (χ3v) is 6.12. The van der Waals surface area contributed by atoms with Crippen LogP contribution in [0.5, 0.6) is 5.75 Å². The Bertz CT molecular complexity index is 707. The van der Waals surface area contributed by atoms with E-state index >= 15 is 0 Å². The van der Waals surface area contributed by atoms with Gasteiger partial charge in [-0.15, -0.1) is 24.0 Å². The number of halogens is 1. The Kier molecular flexibility index (Phi) is 8.44. The largest absolute Gasteiger partial charge is 0.508 e. The monoisotopic (exact) mass is 515 g/mol. The number of phenolic OH excluding ortho intramolecular Hbond substituents is 1. The topological polar surface area (TPSA) is 66.3 Å². The van der Waals surface area contributed by atoms with Crippen molar-refractivity contribution in [3.8, 4) is 5.75 Å². The summed E-state index contributed by atoms with van der Waals surface area (Å²) in [6, 6.07) is 3.92. The fourth-order valence-electron chi connectivity index (χ4n) is 4.64. The number of hydrogen-bond acceptors (Lipinski definition) is 4. The van der Waals surface area contributed by atoms with Crippen LogP contribution in [0.3, 0.4) is 0 Å². The van der Waals surface area contributed by atoms with Crippen molar-refractivity contribution in [3.05, 3.63) is 28.8 Å². The molecule has 2 fully saturated rings. The Morgan fingerprint density at radius 1 is 1.17 bits per heavy atom. The molecule has 2 heterocycles. The molecule has 0 aromatic heterocycles. The summed E-state index contributed by atoms with van der Waals surface area (Å²) >= 11 is 0. The second-order valence-electron chi connectivity index (χ2n) is 7.98. The van der Waals surface area contributed by atoms with Gasteiger partial charge in [-0.1, -0.05) is 6.07 Å². The van der Waals surface area contributed by atoms with Crippen LogP contribution in [0.15, 0.2) is 17.1 Å². The van der Waals surface area contributed by atoms with E-state index in [-0.39, 0.29) is 36.2 Å². The molecular formula is C22H34IN3O3. The second kappa shape index (κ2) is 10.8. The maximum Gasteiger partial charge on any atom is 0.194 e. The van der Waals surface area contributed by atoms with Gasteiger partial charge < -0.3 is 24.8 Å². The standard InChI is InChI=1S/C22H33N3O3.HI/c1-2-23-22(25-11-13-28-21(15-25)20-8-5-12-27-20)24-14-18-17-7-4-3-6-16(17)9-10-19(18)26;/h9-10,20-21,26H,2-8,11-15H2,1H3,(H,23,24);1H. The normalized spacial score (nSPS) is 24.7. The lowest BCUT2D eigenvalue weighted by Crippen LogP contribution is -2.53. The zero-order valence-electron chi connectivity index (χ0n) is 17.4. The van der Waals surface area contributed by atoms with E-state index in [1.807, 2.05) is 6.07 Å². The number of guanidine groups is 1. The Hall–Kier alpha value is -1.06. The average Bonchev–Trinajstić information content (AvgIpc) is 3.27. The number of ether oxygens (including phenoxy) is 2. The maximum atomic E-state index is 10.5. The molecule has 29 heavy (non-hydrogen) atoms. The molecule has 0 spiro atoms. The van der Waals surface area contributed by atoms with Crippen LogP contribution in [0.1, 0.15) is 49.3 Å². The van der Waals surface area contributed by atoms with Crippen molar-refractivity contribution in [2.75, 3.05) is 32.8 Å². The summed E-state index contributed by atoms with van der Waals surface area (Å²) in [6.45, 7) is 6.59. The minimum absolute atomic E-state index is 0. The number of aryl methyl sites for hydroxylation is 1. The molecular weight excluding hydrogens is 481 g/mol. The van der Waals surface area contributed by atoms with Gasteiger partial charge in [0.2, 0.25) is 0 Å². The highest BCUT2D eigenvalue weighted by Crippen LogP contribution is 2.31. The number of hydrogen-bond donors (Lipinski definition) is 2. The summed E-state index contributed by atoms with van der Waals surface area (Å²) in [5.74, 6) is 1.28. The van der Waals surface area contributed by atoms with E-state index in [2.05, 4.69) is 23.2 Å². The third-order valence-electron chi connectivity index (χ3n) is 6.12. The van der Waals surface area contributed by atoms with E-state index in [4.69, 9.17) is 14.5 Å². The van der Waals surface area contributed by atoms with E-state index in [1.165, 1.54) is 24.0 Å². The van der Waals surface area contributed by atoms with Crippen LogP contribution in [0.25, 0.3) is 0 Å². The molecule has 2 unspecified atom stereocenters. The number of morpholine rings is 1. The number of nitrogens with zero attached hydrogens (tertiary/aromatic N) is 2. The van der Waals surface area contributed by atoms with E-state index in [0.29, 0.717) is 18.9 Å². The molecule has 2 aliphatic heterocycles. The van der Waals surface area contributed by atoms with Gasteiger partial charge in [-0.05, 0) is 62.6 Å². The van der Waals surface area contributed by atoms with E-state index in [0.717, 1.165) is 63.4 Å². The van der Waals surface area contributed by atoms with E-state index in [9.17, 15) is 5.11 Å². The molecule has 2 atom stereocenters. The number of benzene rings is 1. The highest BCUT2D eigenvalue weighted by molar-refractivity contribution is 14.0. The van der Waals surface area contributed by atoms with Crippen molar-refractivity contribution in [3.63, 3.8) is 0 Å². The number of nitrogens with one attached hydrogen (secondary N) is 1.